The molecule has 0 aliphatic carbocycles. The molecule has 1 fully saturated rings. The number of alkyl halides is 3. The van der Waals surface area contributed by atoms with E-state index in [0.29, 0.717) is 12.2 Å². The van der Waals surface area contributed by atoms with Gasteiger partial charge in [-0.1, -0.05) is 6.07 Å². The van der Waals surface area contributed by atoms with Gasteiger partial charge in [0.25, 0.3) is 0 Å². The van der Waals surface area contributed by atoms with Gasteiger partial charge in [0.15, 0.2) is 0 Å². The highest BCUT2D eigenvalue weighted by Gasteiger charge is 2.40. The predicted octanol–water partition coefficient (Wildman–Crippen LogP) is 2.13. The molecular weight excluding hydrogens is 273 g/mol. The molecule has 0 aromatic carbocycles. The molecule has 1 aliphatic heterocycles. The maximum atomic E-state index is 12.2. The van der Waals surface area contributed by atoms with Crippen molar-refractivity contribution in [3.05, 3.63) is 30.1 Å². The Morgan fingerprint density at radius 1 is 1.40 bits per heavy atom. The van der Waals surface area contributed by atoms with E-state index < -0.39 is 24.5 Å². The fourth-order valence-corrected chi connectivity index (χ4v) is 2.50. The quantitative estimate of drug-likeness (QED) is 0.922. The molecule has 0 unspecified atom stereocenters. The van der Waals surface area contributed by atoms with Gasteiger partial charge in [0, 0.05) is 37.4 Å². The van der Waals surface area contributed by atoms with Gasteiger partial charge in [0.1, 0.15) is 0 Å². The number of aliphatic carboxylic acids is 1. The van der Waals surface area contributed by atoms with E-state index in [4.69, 9.17) is 0 Å². The maximum absolute atomic E-state index is 12.2. The molecule has 1 aromatic rings. The van der Waals surface area contributed by atoms with Gasteiger partial charge in [-0.3, -0.25) is 9.78 Å². The topological polar surface area (TPSA) is 53.4 Å². The Morgan fingerprint density at radius 3 is 2.70 bits per heavy atom. The largest absolute Gasteiger partial charge is 0.481 e. The van der Waals surface area contributed by atoms with E-state index >= 15 is 0 Å². The van der Waals surface area contributed by atoms with Crippen LogP contribution in [0.15, 0.2) is 24.4 Å². The number of carboxylic acid groups (broad SMARTS) is 1. The zero-order valence-corrected chi connectivity index (χ0v) is 10.7. The van der Waals surface area contributed by atoms with Crippen LogP contribution in [0.4, 0.5) is 13.2 Å². The lowest BCUT2D eigenvalue weighted by atomic mass is 9.93. The van der Waals surface area contributed by atoms with Crippen molar-refractivity contribution in [3.8, 4) is 0 Å². The second-order valence-electron chi connectivity index (χ2n) is 4.93. The van der Waals surface area contributed by atoms with Gasteiger partial charge < -0.3 is 10.0 Å². The number of likely N-dealkylation sites (tertiary alicyclic amines) is 1. The van der Waals surface area contributed by atoms with Crippen LogP contribution in [-0.2, 0) is 4.79 Å². The van der Waals surface area contributed by atoms with Crippen molar-refractivity contribution in [1.82, 2.24) is 9.88 Å². The van der Waals surface area contributed by atoms with Crippen LogP contribution in [0.2, 0.25) is 0 Å². The third kappa shape index (κ3) is 3.69. The summed E-state index contributed by atoms with van der Waals surface area (Å²) in [5.74, 6) is -2.06. The minimum Gasteiger partial charge on any atom is -0.481 e. The first-order valence-electron chi connectivity index (χ1n) is 6.29. The van der Waals surface area contributed by atoms with Gasteiger partial charge in [-0.25, -0.2) is 0 Å². The number of pyridine rings is 1. The first kappa shape index (κ1) is 14.8. The fraction of sp³-hybridized carbons (Fsp3) is 0.538. The maximum Gasteiger partial charge on any atom is 0.390 e. The van der Waals surface area contributed by atoms with E-state index in [9.17, 15) is 23.1 Å². The fourth-order valence-electron chi connectivity index (χ4n) is 2.50. The molecule has 0 saturated carbocycles. The molecule has 0 spiro atoms. The average molecular weight is 288 g/mol. The zero-order chi connectivity index (χ0) is 14.8. The van der Waals surface area contributed by atoms with Crippen LogP contribution in [-0.4, -0.2) is 46.8 Å². The highest BCUT2D eigenvalue weighted by Crippen LogP contribution is 2.32. The first-order chi connectivity index (χ1) is 9.37. The summed E-state index contributed by atoms with van der Waals surface area (Å²) >= 11 is 0. The summed E-state index contributed by atoms with van der Waals surface area (Å²) in [4.78, 5) is 16.9. The molecule has 2 atom stereocenters. The first-order valence-corrected chi connectivity index (χ1v) is 6.29. The van der Waals surface area contributed by atoms with E-state index in [1.807, 2.05) is 0 Å². The van der Waals surface area contributed by atoms with E-state index in [2.05, 4.69) is 4.98 Å². The highest BCUT2D eigenvalue weighted by atomic mass is 19.4. The predicted molar refractivity (Wildman–Crippen MR) is 65.2 cm³/mol. The van der Waals surface area contributed by atoms with Crippen molar-refractivity contribution < 1.29 is 23.1 Å². The molecule has 0 amide bonds. The van der Waals surface area contributed by atoms with Gasteiger partial charge in [-0.2, -0.15) is 13.2 Å². The SMILES string of the molecule is O=C(O)[C@@H]1CN(CCC(F)(F)F)C[C@H]1c1ccccn1. The molecule has 2 rings (SSSR count). The Bertz CT molecular complexity index is 464. The van der Waals surface area contributed by atoms with Crippen molar-refractivity contribution in [2.75, 3.05) is 19.6 Å². The Labute approximate surface area is 114 Å². The standard InChI is InChI=1S/C13H15F3N2O2/c14-13(15,16)4-6-18-7-9(10(8-18)12(19)20)11-3-1-2-5-17-11/h1-3,5,9-10H,4,6-8H2,(H,19,20)/t9-,10-/m1/s1. The Hall–Kier alpha value is -1.63. The van der Waals surface area contributed by atoms with Crippen molar-refractivity contribution in [1.29, 1.82) is 0 Å². The monoisotopic (exact) mass is 288 g/mol. The second kappa shape index (κ2) is 5.78. The van der Waals surface area contributed by atoms with Crippen LogP contribution >= 0.6 is 0 Å². The summed E-state index contributed by atoms with van der Waals surface area (Å²) in [6.07, 6.45) is -3.58. The van der Waals surface area contributed by atoms with Crippen LogP contribution in [0.3, 0.4) is 0 Å². The summed E-state index contributed by atoms with van der Waals surface area (Å²) in [7, 11) is 0. The normalized spacial score (nSPS) is 23.9. The smallest absolute Gasteiger partial charge is 0.390 e. The molecule has 1 aliphatic rings. The summed E-state index contributed by atoms with van der Waals surface area (Å²) in [5, 5.41) is 9.21. The lowest BCUT2D eigenvalue weighted by Crippen LogP contribution is -2.27. The van der Waals surface area contributed by atoms with E-state index in [1.165, 1.54) is 0 Å². The summed E-state index contributed by atoms with van der Waals surface area (Å²) < 4.78 is 36.7. The molecule has 4 nitrogen and oxygen atoms in total. The number of rotatable bonds is 4. The summed E-state index contributed by atoms with van der Waals surface area (Å²) in [5.41, 5.74) is 0.620. The number of carboxylic acids is 1. The van der Waals surface area contributed by atoms with Crippen LogP contribution in [0.1, 0.15) is 18.0 Å². The van der Waals surface area contributed by atoms with Crippen molar-refractivity contribution in [2.24, 2.45) is 5.92 Å². The molecule has 7 heteroatoms. The van der Waals surface area contributed by atoms with Crippen molar-refractivity contribution >= 4 is 5.97 Å². The van der Waals surface area contributed by atoms with Gasteiger partial charge in [-0.05, 0) is 12.1 Å². The van der Waals surface area contributed by atoms with Crippen LogP contribution in [0.5, 0.6) is 0 Å². The lowest BCUT2D eigenvalue weighted by Gasteiger charge is -2.16. The van der Waals surface area contributed by atoms with Crippen LogP contribution in [0.25, 0.3) is 0 Å². The third-order valence-electron chi connectivity index (χ3n) is 3.49. The number of carbonyl (C=O) groups is 1. The van der Waals surface area contributed by atoms with E-state index in [1.54, 1.807) is 29.3 Å². The lowest BCUT2D eigenvalue weighted by molar-refractivity contribution is -0.141. The second-order valence-corrected chi connectivity index (χ2v) is 4.93. The molecule has 1 saturated heterocycles. The van der Waals surface area contributed by atoms with E-state index in [0.717, 1.165) is 0 Å². The Balaban J connectivity index is 2.06. The molecule has 2 heterocycles. The Morgan fingerprint density at radius 2 is 2.15 bits per heavy atom. The van der Waals surface area contributed by atoms with Gasteiger partial charge in [0.2, 0.25) is 0 Å². The summed E-state index contributed by atoms with van der Waals surface area (Å²) in [6.45, 7) is 0.257. The Kier molecular flexibility index (Phi) is 4.27. The van der Waals surface area contributed by atoms with E-state index in [-0.39, 0.29) is 19.0 Å². The number of halogens is 3. The highest BCUT2D eigenvalue weighted by molar-refractivity contribution is 5.72. The molecule has 1 N–H and O–H groups in total. The molecule has 20 heavy (non-hydrogen) atoms. The molecule has 0 bridgehead atoms. The number of hydrogen-bond donors (Lipinski definition) is 1. The van der Waals surface area contributed by atoms with Crippen LogP contribution < -0.4 is 0 Å². The van der Waals surface area contributed by atoms with Crippen LogP contribution in [0, 0.1) is 5.92 Å². The minimum atomic E-state index is -4.22. The van der Waals surface area contributed by atoms with Gasteiger partial charge in [-0.15, -0.1) is 0 Å². The van der Waals surface area contributed by atoms with Crippen molar-refractivity contribution in [2.45, 2.75) is 18.5 Å². The zero-order valence-electron chi connectivity index (χ0n) is 10.7. The van der Waals surface area contributed by atoms with Gasteiger partial charge in [0.05, 0.1) is 12.3 Å². The molecule has 1 aromatic heterocycles. The number of hydrogen-bond acceptors (Lipinski definition) is 3. The summed E-state index contributed by atoms with van der Waals surface area (Å²) in [6, 6.07) is 5.18. The van der Waals surface area contributed by atoms with Crippen molar-refractivity contribution in [3.63, 3.8) is 0 Å². The number of aromatic nitrogens is 1. The minimum absolute atomic E-state index is 0.132. The van der Waals surface area contributed by atoms with Gasteiger partial charge >= 0.3 is 12.1 Å². The molecular formula is C13H15F3N2O2. The molecule has 110 valence electrons. The molecule has 0 radical (unpaired) electrons. The number of nitrogens with zero attached hydrogens (tertiary/aromatic N) is 2. The average Bonchev–Trinajstić information content (AvgIpc) is 2.81. The third-order valence-corrected chi connectivity index (χ3v) is 3.49.